The van der Waals surface area contributed by atoms with Crippen molar-refractivity contribution in [3.63, 3.8) is 0 Å². The Kier molecular flexibility index (Phi) is 7.82. The highest BCUT2D eigenvalue weighted by Gasteiger charge is 2.14. The van der Waals surface area contributed by atoms with E-state index in [1.54, 1.807) is 0 Å². The zero-order chi connectivity index (χ0) is 20.6. The van der Waals surface area contributed by atoms with Gasteiger partial charge in [-0.2, -0.15) is 0 Å². The summed E-state index contributed by atoms with van der Waals surface area (Å²) in [5.74, 6) is 1.21. The van der Waals surface area contributed by atoms with Gasteiger partial charge < -0.3 is 14.8 Å². The van der Waals surface area contributed by atoms with Gasteiger partial charge in [-0.15, -0.1) is 0 Å². The van der Waals surface area contributed by atoms with Gasteiger partial charge in [-0.05, 0) is 54.8 Å². The number of hydrogen-bond donors (Lipinski definition) is 1. The quantitative estimate of drug-likeness (QED) is 0.404. The summed E-state index contributed by atoms with van der Waals surface area (Å²) in [7, 11) is 0. The van der Waals surface area contributed by atoms with Gasteiger partial charge in [0.25, 0.3) is 0 Å². The summed E-state index contributed by atoms with van der Waals surface area (Å²) in [6.07, 6.45) is 0. The lowest BCUT2D eigenvalue weighted by Crippen LogP contribution is -2.18. The second-order valence-corrected chi connectivity index (χ2v) is 7.61. The van der Waals surface area contributed by atoms with Gasteiger partial charge in [0.05, 0.1) is 11.6 Å². The van der Waals surface area contributed by atoms with E-state index in [1.807, 2.05) is 61.5 Å². The summed E-state index contributed by atoms with van der Waals surface area (Å²) in [6, 6.07) is 22.0. The molecule has 0 amide bonds. The molecule has 29 heavy (non-hydrogen) atoms. The van der Waals surface area contributed by atoms with E-state index in [0.717, 1.165) is 11.1 Å². The highest BCUT2D eigenvalue weighted by molar-refractivity contribution is 6.32. The van der Waals surface area contributed by atoms with Gasteiger partial charge in [0, 0.05) is 17.6 Å². The molecule has 0 aliphatic heterocycles. The van der Waals surface area contributed by atoms with Crippen molar-refractivity contribution in [3.8, 4) is 11.5 Å². The zero-order valence-electron chi connectivity index (χ0n) is 16.6. The maximum Gasteiger partial charge on any atom is 0.180 e. The first-order valence-corrected chi connectivity index (χ1v) is 10.4. The molecule has 3 aromatic carbocycles. The Hall–Kier alpha value is -2.20. The van der Waals surface area contributed by atoms with Crippen molar-refractivity contribution in [2.24, 2.45) is 0 Å². The van der Waals surface area contributed by atoms with Gasteiger partial charge in [-0.1, -0.05) is 65.7 Å². The molecule has 0 saturated carbocycles. The van der Waals surface area contributed by atoms with Crippen LogP contribution >= 0.6 is 23.2 Å². The summed E-state index contributed by atoms with van der Waals surface area (Å²) < 4.78 is 11.8. The molecule has 0 bridgehead atoms. The molecule has 0 saturated heterocycles. The molecule has 1 N–H and O–H groups in total. The van der Waals surface area contributed by atoms with Crippen LogP contribution in [0.1, 0.15) is 36.6 Å². The Morgan fingerprint density at radius 3 is 2.31 bits per heavy atom. The van der Waals surface area contributed by atoms with Crippen LogP contribution in [0.15, 0.2) is 66.7 Å². The molecule has 3 rings (SSSR count). The summed E-state index contributed by atoms with van der Waals surface area (Å²) in [5, 5.41) is 4.76. The van der Waals surface area contributed by atoms with Crippen molar-refractivity contribution < 1.29 is 9.47 Å². The summed E-state index contributed by atoms with van der Waals surface area (Å²) >= 11 is 12.5. The third-order valence-electron chi connectivity index (χ3n) is 4.58. The van der Waals surface area contributed by atoms with Crippen molar-refractivity contribution in [1.29, 1.82) is 0 Å². The number of ether oxygens (including phenoxy) is 2. The Balaban J connectivity index is 1.70. The van der Waals surface area contributed by atoms with Crippen LogP contribution in [0.25, 0.3) is 0 Å². The van der Waals surface area contributed by atoms with Crippen LogP contribution in [0.2, 0.25) is 10.0 Å². The molecule has 0 unspecified atom stereocenters. The number of benzene rings is 3. The Labute approximate surface area is 182 Å². The maximum atomic E-state index is 6.54. The normalized spacial score (nSPS) is 11.9. The van der Waals surface area contributed by atoms with Crippen LogP contribution in [0.3, 0.4) is 0 Å². The maximum absolute atomic E-state index is 6.54. The van der Waals surface area contributed by atoms with E-state index in [0.29, 0.717) is 41.3 Å². The fraction of sp³-hybridized carbons (Fsp3) is 0.250. The predicted octanol–water partition coefficient (Wildman–Crippen LogP) is 6.82. The van der Waals surface area contributed by atoms with Crippen molar-refractivity contribution in [3.05, 3.63) is 93.5 Å². The largest absolute Gasteiger partial charge is 0.490 e. The predicted molar refractivity (Wildman–Crippen MR) is 120 cm³/mol. The van der Waals surface area contributed by atoms with Crippen LogP contribution in [0.5, 0.6) is 11.5 Å². The molecule has 3 nitrogen and oxygen atoms in total. The summed E-state index contributed by atoms with van der Waals surface area (Å²) in [5.41, 5.74) is 3.29. The van der Waals surface area contributed by atoms with Gasteiger partial charge in [-0.3, -0.25) is 0 Å². The molecule has 0 radical (unpaired) electrons. The molecule has 3 aromatic rings. The average molecular weight is 430 g/mol. The van der Waals surface area contributed by atoms with E-state index in [-0.39, 0.29) is 6.04 Å². The second kappa shape index (κ2) is 10.5. The number of nitrogens with one attached hydrogen (secondary N) is 1. The molecule has 0 aliphatic carbocycles. The first-order chi connectivity index (χ1) is 14.1. The van der Waals surface area contributed by atoms with Gasteiger partial charge in [0.2, 0.25) is 0 Å². The standard InChI is InChI=1S/C24H25Cl2NO2/c1-3-28-23-14-19(15-27-17(2)20-7-5-4-6-8-20)13-22(26)24(23)29-16-18-9-11-21(25)12-10-18/h4-14,17,27H,3,15-16H2,1-2H3/t17-/m1/s1. The van der Waals surface area contributed by atoms with Crippen LogP contribution in [-0.2, 0) is 13.2 Å². The minimum absolute atomic E-state index is 0.228. The molecular weight excluding hydrogens is 405 g/mol. The Morgan fingerprint density at radius 2 is 1.62 bits per heavy atom. The molecule has 5 heteroatoms. The highest BCUT2D eigenvalue weighted by Crippen LogP contribution is 2.37. The third kappa shape index (κ3) is 6.14. The molecule has 152 valence electrons. The average Bonchev–Trinajstić information content (AvgIpc) is 2.73. The van der Waals surface area contributed by atoms with Crippen LogP contribution in [-0.4, -0.2) is 6.61 Å². The fourth-order valence-electron chi connectivity index (χ4n) is 2.99. The van der Waals surface area contributed by atoms with Crippen molar-refractivity contribution in [2.45, 2.75) is 33.0 Å². The van der Waals surface area contributed by atoms with E-state index < -0.39 is 0 Å². The smallest absolute Gasteiger partial charge is 0.180 e. The van der Waals surface area contributed by atoms with E-state index in [9.17, 15) is 0 Å². The van der Waals surface area contributed by atoms with E-state index in [2.05, 4.69) is 24.4 Å². The Morgan fingerprint density at radius 1 is 0.897 bits per heavy atom. The van der Waals surface area contributed by atoms with Crippen molar-refractivity contribution >= 4 is 23.2 Å². The molecule has 0 spiro atoms. The minimum Gasteiger partial charge on any atom is -0.490 e. The monoisotopic (exact) mass is 429 g/mol. The SMILES string of the molecule is CCOc1cc(CN[C@H](C)c2ccccc2)cc(Cl)c1OCc1ccc(Cl)cc1. The first kappa shape index (κ1) is 21.5. The fourth-order valence-corrected chi connectivity index (χ4v) is 3.41. The molecular formula is C24H25Cl2NO2. The summed E-state index contributed by atoms with van der Waals surface area (Å²) in [6.45, 7) is 5.68. The third-order valence-corrected chi connectivity index (χ3v) is 5.11. The van der Waals surface area contributed by atoms with Crippen molar-refractivity contribution in [2.75, 3.05) is 6.61 Å². The molecule has 0 fully saturated rings. The second-order valence-electron chi connectivity index (χ2n) is 6.77. The lowest BCUT2D eigenvalue weighted by Gasteiger charge is -2.18. The molecule has 0 heterocycles. The molecule has 0 aliphatic rings. The van der Waals surface area contributed by atoms with Crippen LogP contribution < -0.4 is 14.8 Å². The van der Waals surface area contributed by atoms with Gasteiger partial charge in [0.1, 0.15) is 6.61 Å². The van der Waals surface area contributed by atoms with Crippen LogP contribution in [0, 0.1) is 0 Å². The van der Waals surface area contributed by atoms with Gasteiger partial charge in [0.15, 0.2) is 11.5 Å². The van der Waals surface area contributed by atoms with E-state index in [4.69, 9.17) is 32.7 Å². The first-order valence-electron chi connectivity index (χ1n) is 9.67. The van der Waals surface area contributed by atoms with Crippen LogP contribution in [0.4, 0.5) is 0 Å². The lowest BCUT2D eigenvalue weighted by molar-refractivity contribution is 0.269. The highest BCUT2D eigenvalue weighted by atomic mass is 35.5. The van der Waals surface area contributed by atoms with Crippen molar-refractivity contribution in [1.82, 2.24) is 5.32 Å². The number of hydrogen-bond acceptors (Lipinski definition) is 3. The molecule has 1 atom stereocenters. The topological polar surface area (TPSA) is 30.5 Å². The minimum atomic E-state index is 0.228. The number of rotatable bonds is 9. The number of halogens is 2. The lowest BCUT2D eigenvalue weighted by atomic mass is 10.1. The van der Waals surface area contributed by atoms with Gasteiger partial charge >= 0.3 is 0 Å². The summed E-state index contributed by atoms with van der Waals surface area (Å²) in [4.78, 5) is 0. The van der Waals surface area contributed by atoms with E-state index in [1.165, 1.54) is 5.56 Å². The zero-order valence-corrected chi connectivity index (χ0v) is 18.1. The van der Waals surface area contributed by atoms with Gasteiger partial charge in [-0.25, -0.2) is 0 Å². The molecule has 0 aromatic heterocycles. The van der Waals surface area contributed by atoms with E-state index >= 15 is 0 Å². The Bertz CT molecular complexity index is 914.